The molecule has 6 rings (SSSR count). The number of nitrogens with one attached hydrogen (secondary N) is 1. The predicted octanol–water partition coefficient (Wildman–Crippen LogP) is 3.10. The first-order valence-corrected chi connectivity index (χ1v) is 10.7. The molecule has 3 aliphatic rings. The van der Waals surface area contributed by atoms with Crippen molar-refractivity contribution in [3.05, 3.63) is 59.7 Å². The summed E-state index contributed by atoms with van der Waals surface area (Å²) in [5.74, 6) is 1.06. The Kier molecular flexibility index (Phi) is 4.12. The monoisotopic (exact) mass is 455 g/mol. The minimum Gasteiger partial charge on any atom is -0.365 e. The molecule has 1 spiro atoms. The highest BCUT2D eigenvalue weighted by molar-refractivity contribution is 5.98. The first kappa shape index (κ1) is 20.1. The van der Waals surface area contributed by atoms with Gasteiger partial charge >= 0.3 is 6.18 Å². The summed E-state index contributed by atoms with van der Waals surface area (Å²) >= 11 is 0. The van der Waals surface area contributed by atoms with Gasteiger partial charge in [-0.3, -0.25) is 4.79 Å². The van der Waals surface area contributed by atoms with Crippen LogP contribution in [-0.4, -0.2) is 54.4 Å². The van der Waals surface area contributed by atoms with Crippen LogP contribution < -0.4 is 5.32 Å². The Balaban J connectivity index is 1.26. The molecular weight excluding hydrogens is 435 g/mol. The largest absolute Gasteiger partial charge is 0.417 e. The van der Waals surface area contributed by atoms with Gasteiger partial charge in [0.1, 0.15) is 5.82 Å². The lowest BCUT2D eigenvalue weighted by atomic mass is 9.71. The molecule has 33 heavy (non-hydrogen) atoms. The smallest absolute Gasteiger partial charge is 0.365 e. The summed E-state index contributed by atoms with van der Waals surface area (Å²) in [7, 11) is 0. The van der Waals surface area contributed by atoms with Crippen molar-refractivity contribution in [2.45, 2.75) is 38.0 Å². The van der Waals surface area contributed by atoms with Crippen LogP contribution in [0.3, 0.4) is 0 Å². The van der Waals surface area contributed by atoms with Crippen LogP contribution in [0.25, 0.3) is 5.82 Å². The number of anilines is 1. The van der Waals surface area contributed by atoms with Gasteiger partial charge in [-0.15, -0.1) is 4.80 Å². The molecule has 3 fully saturated rings. The Labute approximate surface area is 186 Å². The topological polar surface area (TPSA) is 88.8 Å². The summed E-state index contributed by atoms with van der Waals surface area (Å²) in [6, 6.07) is 4.03. The zero-order chi connectivity index (χ0) is 23.0. The summed E-state index contributed by atoms with van der Waals surface area (Å²) < 4.78 is 38.5. The van der Waals surface area contributed by atoms with Gasteiger partial charge in [0.25, 0.3) is 5.91 Å². The van der Waals surface area contributed by atoms with Crippen LogP contribution in [0.15, 0.2) is 43.0 Å². The zero-order valence-corrected chi connectivity index (χ0v) is 17.6. The van der Waals surface area contributed by atoms with E-state index in [4.69, 9.17) is 0 Å². The number of pyridine rings is 2. The number of aromatic nitrogens is 5. The maximum absolute atomic E-state index is 13.7. The van der Waals surface area contributed by atoms with Gasteiger partial charge in [0.2, 0.25) is 0 Å². The van der Waals surface area contributed by atoms with Crippen molar-refractivity contribution in [1.82, 2.24) is 29.9 Å². The Morgan fingerprint density at radius 1 is 1.15 bits per heavy atom. The molecule has 1 amide bonds. The van der Waals surface area contributed by atoms with E-state index in [2.05, 4.69) is 25.5 Å². The first-order chi connectivity index (χ1) is 15.8. The van der Waals surface area contributed by atoms with E-state index in [-0.39, 0.29) is 23.4 Å². The Morgan fingerprint density at radius 2 is 1.94 bits per heavy atom. The Morgan fingerprint density at radius 3 is 2.64 bits per heavy atom. The van der Waals surface area contributed by atoms with Gasteiger partial charge in [0.15, 0.2) is 5.82 Å². The molecule has 4 unspecified atom stereocenters. The summed E-state index contributed by atoms with van der Waals surface area (Å²) in [5, 5.41) is 11.5. The number of alkyl halides is 3. The van der Waals surface area contributed by atoms with E-state index >= 15 is 0 Å². The number of piperidine rings is 1. The quantitative estimate of drug-likeness (QED) is 0.651. The summed E-state index contributed by atoms with van der Waals surface area (Å²) in [4.78, 5) is 25.2. The molecule has 170 valence electrons. The van der Waals surface area contributed by atoms with E-state index in [1.165, 1.54) is 23.3 Å². The van der Waals surface area contributed by atoms with E-state index in [9.17, 15) is 18.0 Å². The second kappa shape index (κ2) is 6.75. The van der Waals surface area contributed by atoms with Crippen molar-refractivity contribution >= 4 is 11.7 Å². The van der Waals surface area contributed by atoms with Crippen LogP contribution in [0.1, 0.15) is 34.3 Å². The molecule has 3 aromatic heterocycles. The molecule has 0 bridgehead atoms. The maximum Gasteiger partial charge on any atom is 0.417 e. The van der Waals surface area contributed by atoms with E-state index in [1.54, 1.807) is 12.3 Å². The van der Waals surface area contributed by atoms with Crippen molar-refractivity contribution in [3.63, 3.8) is 0 Å². The van der Waals surface area contributed by atoms with Crippen molar-refractivity contribution in [2.24, 2.45) is 11.3 Å². The van der Waals surface area contributed by atoms with E-state index < -0.39 is 11.7 Å². The first-order valence-electron chi connectivity index (χ1n) is 10.7. The number of hydrogen-bond donors (Lipinski definition) is 1. The van der Waals surface area contributed by atoms with Gasteiger partial charge in [-0.1, -0.05) is 0 Å². The standard InChI is InChI=1S/C22H20F3N7O/c1-12-6-15(19(27-9-12)32-28-4-5-29-32)20(33)31-11-14-7-21(14)8-16(18(21)31)30-17-3-2-13(10-26-17)22(23,24)25/h2-6,9-10,14,16,18H,7-8,11H2,1H3,(H,26,30). The third-order valence-electron chi connectivity index (χ3n) is 7.13. The SMILES string of the molecule is Cc1cnc(-n2nccn2)c(C(=O)N2CC3CC34CC(Nc3ccc(C(F)(F)F)cn3)C24)c1. The minimum atomic E-state index is -4.43. The molecule has 0 radical (unpaired) electrons. The van der Waals surface area contributed by atoms with Crippen molar-refractivity contribution in [3.8, 4) is 5.82 Å². The highest BCUT2D eigenvalue weighted by Crippen LogP contribution is 2.71. The van der Waals surface area contributed by atoms with Crippen LogP contribution >= 0.6 is 0 Å². The number of nitrogens with zero attached hydrogens (tertiary/aromatic N) is 6. The van der Waals surface area contributed by atoms with Crippen LogP contribution in [0, 0.1) is 18.3 Å². The number of aryl methyl sites for hydroxylation is 1. The summed E-state index contributed by atoms with van der Waals surface area (Å²) in [6.45, 7) is 2.53. The average molecular weight is 455 g/mol. The molecule has 2 aliphatic carbocycles. The number of carbonyl (C=O) groups is 1. The van der Waals surface area contributed by atoms with Crippen LogP contribution in [0.4, 0.5) is 19.0 Å². The zero-order valence-electron chi connectivity index (χ0n) is 17.6. The number of rotatable bonds is 4. The van der Waals surface area contributed by atoms with Crippen molar-refractivity contribution < 1.29 is 18.0 Å². The molecule has 1 aliphatic heterocycles. The fourth-order valence-corrected chi connectivity index (χ4v) is 5.55. The second-order valence-electron chi connectivity index (χ2n) is 9.12. The molecule has 2 saturated carbocycles. The molecule has 1 N–H and O–H groups in total. The fraction of sp³-hybridized carbons (Fsp3) is 0.409. The summed E-state index contributed by atoms with van der Waals surface area (Å²) in [5.41, 5.74) is 0.594. The normalized spacial score (nSPS) is 27.5. The van der Waals surface area contributed by atoms with Crippen LogP contribution in [-0.2, 0) is 6.18 Å². The lowest BCUT2D eigenvalue weighted by Gasteiger charge is -2.48. The predicted molar refractivity (Wildman–Crippen MR) is 111 cm³/mol. The van der Waals surface area contributed by atoms with Crippen molar-refractivity contribution in [1.29, 1.82) is 0 Å². The number of hydrogen-bond acceptors (Lipinski definition) is 6. The van der Waals surface area contributed by atoms with Gasteiger partial charge in [-0.05, 0) is 54.9 Å². The van der Waals surface area contributed by atoms with E-state index in [0.717, 1.165) is 30.7 Å². The maximum atomic E-state index is 13.7. The van der Waals surface area contributed by atoms with Crippen LogP contribution in [0.5, 0.6) is 0 Å². The summed E-state index contributed by atoms with van der Waals surface area (Å²) in [6.07, 6.45) is 3.06. The van der Waals surface area contributed by atoms with Gasteiger partial charge in [0.05, 0.1) is 29.6 Å². The molecular formula is C22H20F3N7O. The molecule has 8 nitrogen and oxygen atoms in total. The van der Waals surface area contributed by atoms with Crippen molar-refractivity contribution in [2.75, 3.05) is 11.9 Å². The molecule has 3 aromatic rings. The highest BCUT2D eigenvalue weighted by atomic mass is 19.4. The molecule has 1 saturated heterocycles. The van der Waals surface area contributed by atoms with E-state index in [1.807, 2.05) is 11.8 Å². The third-order valence-corrected chi connectivity index (χ3v) is 7.13. The third kappa shape index (κ3) is 3.09. The average Bonchev–Trinajstić information content (AvgIpc) is 3.14. The Hall–Kier alpha value is -3.50. The lowest BCUT2D eigenvalue weighted by Crippen LogP contribution is -2.60. The Bertz CT molecular complexity index is 1230. The highest BCUT2D eigenvalue weighted by Gasteiger charge is 2.75. The minimum absolute atomic E-state index is 0.0435. The van der Waals surface area contributed by atoms with Gasteiger partial charge in [-0.2, -0.15) is 23.4 Å². The lowest BCUT2D eigenvalue weighted by molar-refractivity contribution is -0.137. The molecule has 4 heterocycles. The second-order valence-corrected chi connectivity index (χ2v) is 9.12. The molecule has 4 atom stereocenters. The number of amides is 1. The van der Waals surface area contributed by atoms with Gasteiger partial charge < -0.3 is 10.2 Å². The number of carbonyl (C=O) groups excluding carboxylic acids is 1. The molecule has 11 heteroatoms. The van der Waals surface area contributed by atoms with Gasteiger partial charge in [-0.25, -0.2) is 9.97 Å². The van der Waals surface area contributed by atoms with E-state index in [0.29, 0.717) is 29.7 Å². The number of likely N-dealkylation sites (tertiary alicyclic amines) is 1. The van der Waals surface area contributed by atoms with Gasteiger partial charge in [0, 0.05) is 25.0 Å². The number of halogens is 3. The molecule has 0 aromatic carbocycles. The van der Waals surface area contributed by atoms with Crippen LogP contribution in [0.2, 0.25) is 0 Å². The fourth-order valence-electron chi connectivity index (χ4n) is 5.55.